The highest BCUT2D eigenvalue weighted by atomic mass is 15.1. The van der Waals surface area contributed by atoms with Crippen molar-refractivity contribution in [2.24, 2.45) is 9.98 Å². The van der Waals surface area contributed by atoms with Crippen LogP contribution in [0.3, 0.4) is 0 Å². The summed E-state index contributed by atoms with van der Waals surface area (Å²) in [5, 5.41) is 9.81. The third-order valence-electron chi connectivity index (χ3n) is 12.5. The Kier molecular flexibility index (Phi) is 5.76. The molecule has 56 heavy (non-hydrogen) atoms. The quantitative estimate of drug-likeness (QED) is 0.160. The third-order valence-corrected chi connectivity index (χ3v) is 12.5. The van der Waals surface area contributed by atoms with Crippen LogP contribution in [0.5, 0.6) is 0 Å². The van der Waals surface area contributed by atoms with Gasteiger partial charge in [-0.15, -0.1) is 0 Å². The van der Waals surface area contributed by atoms with Crippen molar-refractivity contribution in [1.29, 1.82) is 0 Å². The van der Waals surface area contributed by atoms with Crippen LogP contribution in [0.4, 0.5) is 0 Å². The maximum Gasteiger partial charge on any atom is 0.160 e. The Hall–Kier alpha value is -7.24. The van der Waals surface area contributed by atoms with Crippen molar-refractivity contribution in [3.63, 3.8) is 0 Å². The molecule has 0 aliphatic carbocycles. The van der Waals surface area contributed by atoms with E-state index in [1.54, 1.807) is 0 Å². The van der Waals surface area contributed by atoms with Gasteiger partial charge in [0.1, 0.15) is 11.3 Å². The Morgan fingerprint density at radius 1 is 0.464 bits per heavy atom. The third kappa shape index (κ3) is 3.74. The van der Waals surface area contributed by atoms with Crippen LogP contribution in [-0.2, 0) is 5.54 Å². The van der Waals surface area contributed by atoms with Crippen molar-refractivity contribution in [2.45, 2.75) is 12.5 Å². The molecule has 0 fully saturated rings. The first-order valence-corrected chi connectivity index (χ1v) is 19.4. The molecule has 0 spiro atoms. The number of nitrogens with zero attached hydrogens (tertiary/aromatic N) is 5. The summed E-state index contributed by atoms with van der Waals surface area (Å²) in [7, 11) is 0. The Labute approximate surface area is 321 Å². The molecule has 262 valence electrons. The molecule has 4 aromatic heterocycles. The van der Waals surface area contributed by atoms with Gasteiger partial charge < -0.3 is 8.80 Å². The number of hydrogen-bond donors (Lipinski definition) is 0. The first kappa shape index (κ1) is 30.1. The summed E-state index contributed by atoms with van der Waals surface area (Å²) < 4.78 is 7.45. The van der Waals surface area contributed by atoms with Crippen molar-refractivity contribution >= 4 is 98.8 Å². The molecular formula is C51H33N5. The molecule has 13 rings (SSSR count). The number of aliphatic imine (C=N–C) groups is 2. The van der Waals surface area contributed by atoms with E-state index in [4.69, 9.17) is 9.98 Å². The Bertz CT molecular complexity index is 3680. The average molecular weight is 716 g/mol. The summed E-state index contributed by atoms with van der Waals surface area (Å²) in [6.45, 7) is 2.78. The lowest BCUT2D eigenvalue weighted by molar-refractivity contribution is 0.507. The zero-order chi connectivity index (χ0) is 36.7. The number of fused-ring (bicyclic) bond motifs is 13. The van der Waals surface area contributed by atoms with E-state index in [0.29, 0.717) is 6.54 Å². The fraction of sp³-hybridized carbons (Fsp3) is 0.0588. The van der Waals surface area contributed by atoms with Gasteiger partial charge in [0.15, 0.2) is 5.84 Å². The standard InChI is InChI=1S/C51H33N5/c1-51(32-17-3-2-4-18-32)30-52-47(35-23-13-16-31-15-5-6-19-33(31)35)50(53-51)56-41-27-12-8-21-37(41)45-43(56)29-44-49-46(45)38-22-9-11-26-40(38)54(49)42-28-14-24-36-34-20-7-10-25-39(34)55(44)48(36)42/h2-29H,30H2,1H3. The molecule has 0 bridgehead atoms. The van der Waals surface area contributed by atoms with Crippen molar-refractivity contribution in [2.75, 3.05) is 6.54 Å². The highest BCUT2D eigenvalue weighted by Gasteiger charge is 2.35. The highest BCUT2D eigenvalue weighted by Crippen LogP contribution is 2.46. The molecule has 0 saturated carbocycles. The summed E-state index contributed by atoms with van der Waals surface area (Å²) in [5.74, 6) is 0.860. The van der Waals surface area contributed by atoms with Crippen molar-refractivity contribution in [3.05, 3.63) is 181 Å². The molecule has 1 aliphatic heterocycles. The van der Waals surface area contributed by atoms with Crippen LogP contribution in [0, 0.1) is 0 Å². The molecule has 0 amide bonds. The van der Waals surface area contributed by atoms with Gasteiger partial charge >= 0.3 is 0 Å². The van der Waals surface area contributed by atoms with E-state index < -0.39 is 5.54 Å². The van der Waals surface area contributed by atoms with Crippen LogP contribution in [0.1, 0.15) is 18.1 Å². The lowest BCUT2D eigenvalue weighted by atomic mass is 9.90. The van der Waals surface area contributed by atoms with E-state index in [-0.39, 0.29) is 0 Å². The summed E-state index contributed by atoms with van der Waals surface area (Å²) >= 11 is 0. The first-order chi connectivity index (χ1) is 27.7. The summed E-state index contributed by atoms with van der Waals surface area (Å²) in [5.41, 5.74) is 12.1. The van der Waals surface area contributed by atoms with E-state index in [1.165, 1.54) is 76.2 Å². The highest BCUT2D eigenvalue weighted by molar-refractivity contribution is 6.52. The largest absolute Gasteiger partial charge is 0.305 e. The molecule has 5 heteroatoms. The lowest BCUT2D eigenvalue weighted by Crippen LogP contribution is -2.37. The van der Waals surface area contributed by atoms with Crippen LogP contribution in [-0.4, -0.2) is 31.5 Å². The molecule has 0 saturated heterocycles. The van der Waals surface area contributed by atoms with E-state index >= 15 is 0 Å². The van der Waals surface area contributed by atoms with Gasteiger partial charge in [-0.1, -0.05) is 140 Å². The Morgan fingerprint density at radius 3 is 1.88 bits per heavy atom. The van der Waals surface area contributed by atoms with Gasteiger partial charge in [0.05, 0.1) is 50.7 Å². The van der Waals surface area contributed by atoms with Crippen LogP contribution in [0.2, 0.25) is 0 Å². The predicted molar refractivity (Wildman–Crippen MR) is 235 cm³/mol. The summed E-state index contributed by atoms with van der Waals surface area (Å²) in [6.07, 6.45) is 0. The van der Waals surface area contributed by atoms with Gasteiger partial charge in [-0.2, -0.15) is 0 Å². The maximum atomic E-state index is 5.86. The molecule has 1 aliphatic rings. The maximum absolute atomic E-state index is 5.86. The van der Waals surface area contributed by atoms with Gasteiger partial charge in [-0.25, -0.2) is 0 Å². The molecule has 12 aromatic rings. The minimum atomic E-state index is -0.571. The Morgan fingerprint density at radius 2 is 1.05 bits per heavy atom. The van der Waals surface area contributed by atoms with Crippen molar-refractivity contribution in [3.8, 4) is 0 Å². The van der Waals surface area contributed by atoms with Crippen LogP contribution in [0.25, 0.3) is 87.2 Å². The smallest absolute Gasteiger partial charge is 0.160 e. The number of hydrogen-bond acceptors (Lipinski definition) is 2. The summed E-state index contributed by atoms with van der Waals surface area (Å²) in [6, 6.07) is 61.7. The molecular weight excluding hydrogens is 683 g/mol. The van der Waals surface area contributed by atoms with Crippen LogP contribution >= 0.6 is 0 Å². The van der Waals surface area contributed by atoms with Crippen molar-refractivity contribution < 1.29 is 0 Å². The van der Waals surface area contributed by atoms with E-state index in [9.17, 15) is 0 Å². The van der Waals surface area contributed by atoms with E-state index in [2.05, 4.69) is 190 Å². The fourth-order valence-corrected chi connectivity index (χ4v) is 10.0. The Balaban J connectivity index is 1.26. The normalized spacial score (nSPS) is 16.5. The van der Waals surface area contributed by atoms with Crippen molar-refractivity contribution in [1.82, 2.24) is 13.4 Å². The first-order valence-electron chi connectivity index (χ1n) is 19.4. The summed E-state index contributed by atoms with van der Waals surface area (Å²) in [4.78, 5) is 11.4. The second-order valence-electron chi connectivity index (χ2n) is 15.5. The second-order valence-corrected chi connectivity index (χ2v) is 15.5. The molecule has 8 aromatic carbocycles. The van der Waals surface area contributed by atoms with E-state index in [0.717, 1.165) is 33.7 Å². The minimum absolute atomic E-state index is 0.545. The number of para-hydroxylation sites is 4. The van der Waals surface area contributed by atoms with Gasteiger partial charge in [0, 0.05) is 37.9 Å². The topological polar surface area (TPSA) is 38.5 Å². The molecule has 0 radical (unpaired) electrons. The molecule has 1 unspecified atom stereocenters. The van der Waals surface area contributed by atoms with Gasteiger partial charge in [-0.05, 0) is 53.6 Å². The predicted octanol–water partition coefficient (Wildman–Crippen LogP) is 12.2. The SMILES string of the molecule is CC1(c2ccccc2)CN=C(c2cccc3ccccc23)C(n2c3ccccc3c3c4c5ccccc5n5c6cccc7c8ccccc8n(c(cc32)c45)c76)=N1. The molecule has 0 N–H and O–H groups in total. The zero-order valence-corrected chi connectivity index (χ0v) is 30.6. The molecule has 5 nitrogen and oxygen atoms in total. The second kappa shape index (κ2) is 10.7. The van der Waals surface area contributed by atoms with E-state index in [1.807, 2.05) is 0 Å². The monoisotopic (exact) mass is 715 g/mol. The van der Waals surface area contributed by atoms with Gasteiger partial charge in [0.25, 0.3) is 0 Å². The lowest BCUT2D eigenvalue weighted by Gasteiger charge is -2.31. The number of rotatable bonds is 2. The zero-order valence-electron chi connectivity index (χ0n) is 30.6. The van der Waals surface area contributed by atoms with Crippen LogP contribution in [0.15, 0.2) is 180 Å². The van der Waals surface area contributed by atoms with Crippen LogP contribution < -0.4 is 0 Å². The van der Waals surface area contributed by atoms with Gasteiger partial charge in [0.2, 0.25) is 0 Å². The molecule has 1 atom stereocenters. The number of aromatic nitrogens is 3. The molecule has 5 heterocycles. The average Bonchev–Trinajstić information content (AvgIpc) is 3.90. The number of benzene rings is 8. The minimum Gasteiger partial charge on any atom is -0.305 e. The fourth-order valence-electron chi connectivity index (χ4n) is 10.0. The van der Waals surface area contributed by atoms with Gasteiger partial charge in [-0.3, -0.25) is 14.6 Å².